The third-order valence-electron chi connectivity index (χ3n) is 4.46. The molecule has 1 aromatic carbocycles. The van der Waals surface area contributed by atoms with Gasteiger partial charge in [0.25, 0.3) is 0 Å². The Kier molecular flexibility index (Phi) is 4.59. The van der Waals surface area contributed by atoms with Gasteiger partial charge in [-0.1, -0.05) is 18.2 Å². The van der Waals surface area contributed by atoms with Crippen molar-refractivity contribution in [3.05, 3.63) is 29.8 Å². The number of sulfone groups is 1. The van der Waals surface area contributed by atoms with Gasteiger partial charge in [0.05, 0.1) is 5.75 Å². The summed E-state index contributed by atoms with van der Waals surface area (Å²) < 4.78 is 28.1. The summed E-state index contributed by atoms with van der Waals surface area (Å²) in [7, 11) is -2.94. The monoisotopic (exact) mass is 338 g/mol. The average molecular weight is 338 g/mol. The van der Waals surface area contributed by atoms with Crippen LogP contribution in [0.3, 0.4) is 0 Å². The molecule has 0 bridgehead atoms. The maximum absolute atomic E-state index is 12.7. The summed E-state index contributed by atoms with van der Waals surface area (Å²) in [4.78, 5) is 16.7. The van der Waals surface area contributed by atoms with Crippen LogP contribution in [0.25, 0.3) is 0 Å². The van der Waals surface area contributed by atoms with E-state index in [2.05, 4.69) is 4.90 Å². The number of piperazine rings is 1. The van der Waals surface area contributed by atoms with Crippen LogP contribution in [-0.4, -0.2) is 75.5 Å². The predicted molar refractivity (Wildman–Crippen MR) is 87.4 cm³/mol. The van der Waals surface area contributed by atoms with Crippen molar-refractivity contribution in [3.63, 3.8) is 0 Å². The fourth-order valence-corrected chi connectivity index (χ4v) is 3.66. The van der Waals surface area contributed by atoms with Crippen molar-refractivity contribution in [2.75, 3.05) is 51.3 Å². The van der Waals surface area contributed by atoms with Crippen molar-refractivity contribution in [2.24, 2.45) is 0 Å². The van der Waals surface area contributed by atoms with Gasteiger partial charge in [-0.25, -0.2) is 8.42 Å². The van der Waals surface area contributed by atoms with E-state index < -0.39 is 9.84 Å². The summed E-state index contributed by atoms with van der Waals surface area (Å²) in [6.07, 6.45) is 1.25. The van der Waals surface area contributed by atoms with E-state index in [1.54, 1.807) is 0 Å². The van der Waals surface area contributed by atoms with Crippen molar-refractivity contribution in [3.8, 4) is 5.75 Å². The third kappa shape index (κ3) is 3.84. The van der Waals surface area contributed by atoms with Gasteiger partial charge in [-0.15, -0.1) is 0 Å². The highest BCUT2D eigenvalue weighted by molar-refractivity contribution is 7.90. The maximum atomic E-state index is 12.7. The van der Waals surface area contributed by atoms with Crippen LogP contribution in [0.15, 0.2) is 24.3 Å². The smallest absolute Gasteiger partial charge is 0.233 e. The normalized spacial score (nSPS) is 21.8. The molecule has 0 N–H and O–H groups in total. The van der Waals surface area contributed by atoms with Crippen molar-refractivity contribution >= 4 is 15.7 Å². The van der Waals surface area contributed by atoms with Crippen LogP contribution in [-0.2, 0) is 14.6 Å². The van der Waals surface area contributed by atoms with Gasteiger partial charge in [-0.2, -0.15) is 0 Å². The van der Waals surface area contributed by atoms with Gasteiger partial charge in [0.2, 0.25) is 5.91 Å². The number of benzene rings is 1. The second-order valence-corrected chi connectivity index (χ2v) is 8.46. The molecule has 1 amide bonds. The Morgan fingerprint density at radius 3 is 2.61 bits per heavy atom. The van der Waals surface area contributed by atoms with Gasteiger partial charge in [0.1, 0.15) is 28.1 Å². The number of carbonyl (C=O) groups is 1. The minimum absolute atomic E-state index is 0.109. The van der Waals surface area contributed by atoms with Crippen LogP contribution in [0.4, 0.5) is 0 Å². The fraction of sp³-hybridized carbons (Fsp3) is 0.562. The van der Waals surface area contributed by atoms with Gasteiger partial charge in [-0.05, 0) is 6.07 Å². The molecule has 126 valence electrons. The first kappa shape index (κ1) is 16.3. The highest BCUT2D eigenvalue weighted by Crippen LogP contribution is 2.34. The number of fused-ring (bicyclic) bond motifs is 1. The van der Waals surface area contributed by atoms with Crippen LogP contribution < -0.4 is 4.74 Å². The number of amides is 1. The zero-order valence-corrected chi connectivity index (χ0v) is 14.1. The fourth-order valence-electron chi connectivity index (χ4n) is 3.07. The lowest BCUT2D eigenvalue weighted by molar-refractivity contribution is -0.134. The molecule has 1 fully saturated rings. The molecule has 0 aromatic heterocycles. The topological polar surface area (TPSA) is 66.9 Å². The molecule has 3 rings (SSSR count). The summed E-state index contributed by atoms with van der Waals surface area (Å²) in [5, 5.41) is 0. The van der Waals surface area contributed by atoms with E-state index in [4.69, 9.17) is 4.74 Å². The minimum Gasteiger partial charge on any atom is -0.492 e. The van der Waals surface area contributed by atoms with Crippen molar-refractivity contribution in [1.29, 1.82) is 0 Å². The molecule has 0 unspecified atom stereocenters. The number of carbonyl (C=O) groups excluding carboxylic acids is 1. The van der Waals surface area contributed by atoms with Crippen molar-refractivity contribution < 1.29 is 17.9 Å². The number of hydrogen-bond donors (Lipinski definition) is 0. The average Bonchev–Trinajstić information content (AvgIpc) is 2.96. The van der Waals surface area contributed by atoms with Gasteiger partial charge in [0.15, 0.2) is 0 Å². The third-order valence-corrected chi connectivity index (χ3v) is 5.38. The highest BCUT2D eigenvalue weighted by atomic mass is 32.2. The van der Waals surface area contributed by atoms with Crippen LogP contribution in [0.5, 0.6) is 5.75 Å². The standard InChI is InChI=1S/C16H22N2O4S/c1-23(20,21)11-10-17-6-8-18(9-7-17)16(19)14-12-22-15-5-3-2-4-13(14)15/h2-5,14H,6-12H2,1H3/t14-/m1/s1. The molecule has 1 saturated heterocycles. The van der Waals surface area contributed by atoms with Gasteiger partial charge in [-0.3, -0.25) is 9.69 Å². The Bertz CT molecular complexity index is 681. The second-order valence-electron chi connectivity index (χ2n) is 6.20. The van der Waals surface area contributed by atoms with E-state index in [1.807, 2.05) is 29.2 Å². The predicted octanol–water partition coefficient (Wildman–Crippen LogP) is 0.351. The summed E-state index contributed by atoms with van der Waals surface area (Å²) in [5.41, 5.74) is 0.969. The largest absolute Gasteiger partial charge is 0.492 e. The number of rotatable bonds is 4. The Balaban J connectivity index is 1.55. The van der Waals surface area contributed by atoms with E-state index in [9.17, 15) is 13.2 Å². The molecule has 2 aliphatic heterocycles. The zero-order chi connectivity index (χ0) is 16.4. The molecule has 2 heterocycles. The molecule has 0 radical (unpaired) electrons. The lowest BCUT2D eigenvalue weighted by Crippen LogP contribution is -2.50. The molecule has 1 atom stereocenters. The molecule has 7 heteroatoms. The van der Waals surface area contributed by atoms with E-state index in [0.29, 0.717) is 26.2 Å². The molecule has 0 saturated carbocycles. The first-order valence-corrected chi connectivity index (χ1v) is 9.91. The first-order chi connectivity index (χ1) is 10.9. The van der Waals surface area contributed by atoms with E-state index in [-0.39, 0.29) is 17.6 Å². The van der Waals surface area contributed by atoms with Gasteiger partial charge < -0.3 is 9.64 Å². The molecular formula is C16H22N2O4S. The molecular weight excluding hydrogens is 316 g/mol. The molecule has 2 aliphatic rings. The van der Waals surface area contributed by atoms with Gasteiger partial charge >= 0.3 is 0 Å². The highest BCUT2D eigenvalue weighted by Gasteiger charge is 2.34. The molecule has 1 aromatic rings. The van der Waals surface area contributed by atoms with Crippen LogP contribution in [0.1, 0.15) is 11.5 Å². The molecule has 0 spiro atoms. The minimum atomic E-state index is -2.94. The van der Waals surface area contributed by atoms with Crippen molar-refractivity contribution in [1.82, 2.24) is 9.80 Å². The molecule has 6 nitrogen and oxygen atoms in total. The quantitative estimate of drug-likeness (QED) is 0.793. The number of nitrogens with zero attached hydrogens (tertiary/aromatic N) is 2. The summed E-state index contributed by atoms with van der Waals surface area (Å²) in [6.45, 7) is 3.66. The summed E-state index contributed by atoms with van der Waals surface area (Å²) >= 11 is 0. The Labute approximate surface area is 136 Å². The SMILES string of the molecule is CS(=O)(=O)CCN1CCN(C(=O)[C@@H]2COc3ccccc32)CC1. The van der Waals surface area contributed by atoms with Crippen molar-refractivity contribution in [2.45, 2.75) is 5.92 Å². The Morgan fingerprint density at radius 2 is 1.91 bits per heavy atom. The van der Waals surface area contributed by atoms with E-state index in [0.717, 1.165) is 24.4 Å². The summed E-state index contributed by atoms with van der Waals surface area (Å²) in [5.74, 6) is 0.870. The van der Waals surface area contributed by atoms with Gasteiger partial charge in [0, 0.05) is 44.5 Å². The number of hydrogen-bond acceptors (Lipinski definition) is 5. The van der Waals surface area contributed by atoms with Crippen LogP contribution in [0, 0.1) is 0 Å². The van der Waals surface area contributed by atoms with E-state index in [1.165, 1.54) is 6.26 Å². The Morgan fingerprint density at radius 1 is 1.22 bits per heavy atom. The Hall–Kier alpha value is -1.60. The van der Waals surface area contributed by atoms with Crippen LogP contribution in [0.2, 0.25) is 0 Å². The zero-order valence-electron chi connectivity index (χ0n) is 13.3. The lowest BCUT2D eigenvalue weighted by Gasteiger charge is -2.35. The number of para-hydroxylation sites is 1. The first-order valence-electron chi connectivity index (χ1n) is 7.84. The van der Waals surface area contributed by atoms with Crippen LogP contribution >= 0.6 is 0 Å². The van der Waals surface area contributed by atoms with E-state index >= 15 is 0 Å². The maximum Gasteiger partial charge on any atom is 0.233 e. The second kappa shape index (κ2) is 6.49. The molecule has 23 heavy (non-hydrogen) atoms. The molecule has 0 aliphatic carbocycles. The summed E-state index contributed by atoms with van der Waals surface area (Å²) in [6, 6.07) is 7.68. The number of ether oxygens (including phenoxy) is 1. The lowest BCUT2D eigenvalue weighted by atomic mass is 9.99.